The maximum Gasteiger partial charge on any atom is 0.227 e. The van der Waals surface area contributed by atoms with E-state index in [4.69, 9.17) is 4.74 Å². The highest BCUT2D eigenvalue weighted by molar-refractivity contribution is 7.90. The smallest absolute Gasteiger partial charge is 0.227 e. The largest absolute Gasteiger partial charge is 0.493 e. The van der Waals surface area contributed by atoms with E-state index in [2.05, 4.69) is 4.98 Å². The summed E-state index contributed by atoms with van der Waals surface area (Å²) in [6.07, 6.45) is 5.19. The number of benzene rings is 1. The molecule has 1 aromatic heterocycles. The molecule has 1 saturated carbocycles. The van der Waals surface area contributed by atoms with Gasteiger partial charge in [0.05, 0.1) is 18.8 Å². The summed E-state index contributed by atoms with van der Waals surface area (Å²) in [4.78, 5) is 17.7. The third-order valence-corrected chi connectivity index (χ3v) is 5.33. The summed E-state index contributed by atoms with van der Waals surface area (Å²) in [5.41, 5.74) is 1.82. The van der Waals surface area contributed by atoms with Crippen LogP contribution in [0.3, 0.4) is 0 Å². The highest BCUT2D eigenvalue weighted by Crippen LogP contribution is 2.31. The summed E-state index contributed by atoms with van der Waals surface area (Å²) in [5, 5.41) is 0.927. The zero-order chi connectivity index (χ0) is 18.0. The van der Waals surface area contributed by atoms with E-state index in [1.165, 1.54) is 6.26 Å². The summed E-state index contributed by atoms with van der Waals surface area (Å²) in [6, 6.07) is 5.95. The Labute approximate surface area is 148 Å². The molecule has 0 aliphatic heterocycles. The van der Waals surface area contributed by atoms with Crippen LogP contribution in [0.5, 0.6) is 5.75 Å². The molecular formula is C18H24N2O4S. The van der Waals surface area contributed by atoms with Crippen LogP contribution in [0.25, 0.3) is 10.9 Å². The lowest BCUT2D eigenvalue weighted by molar-refractivity contribution is -0.130. The molecular weight excluding hydrogens is 340 g/mol. The van der Waals surface area contributed by atoms with Gasteiger partial charge < -0.3 is 14.6 Å². The van der Waals surface area contributed by atoms with Crippen molar-refractivity contribution in [1.29, 1.82) is 0 Å². The minimum atomic E-state index is -3.09. The van der Waals surface area contributed by atoms with E-state index >= 15 is 0 Å². The van der Waals surface area contributed by atoms with Gasteiger partial charge in [0.1, 0.15) is 15.6 Å². The number of sulfone groups is 1. The van der Waals surface area contributed by atoms with Crippen molar-refractivity contribution in [3.63, 3.8) is 0 Å². The summed E-state index contributed by atoms with van der Waals surface area (Å²) >= 11 is 0. The van der Waals surface area contributed by atoms with Gasteiger partial charge in [-0.1, -0.05) is 6.07 Å². The van der Waals surface area contributed by atoms with Crippen LogP contribution in [0, 0.1) is 0 Å². The van der Waals surface area contributed by atoms with Crippen molar-refractivity contribution in [3.8, 4) is 5.75 Å². The van der Waals surface area contributed by atoms with Crippen molar-refractivity contribution in [2.24, 2.45) is 0 Å². The Morgan fingerprint density at radius 3 is 2.76 bits per heavy atom. The van der Waals surface area contributed by atoms with Gasteiger partial charge in [-0.3, -0.25) is 4.79 Å². The molecule has 1 aliphatic carbocycles. The molecule has 0 spiro atoms. The Morgan fingerprint density at radius 1 is 1.36 bits per heavy atom. The Hall–Kier alpha value is -2.02. The molecule has 0 atom stereocenters. The average Bonchev–Trinajstić information content (AvgIpc) is 3.28. The molecule has 2 aromatic rings. The minimum absolute atomic E-state index is 0.00726. The van der Waals surface area contributed by atoms with Crippen LogP contribution in [0.1, 0.15) is 25.3 Å². The maximum atomic E-state index is 12.8. The predicted molar refractivity (Wildman–Crippen MR) is 97.6 cm³/mol. The van der Waals surface area contributed by atoms with Gasteiger partial charge in [-0.2, -0.15) is 0 Å². The lowest BCUT2D eigenvalue weighted by atomic mass is 10.1. The second-order valence-electron chi connectivity index (χ2n) is 6.55. The quantitative estimate of drug-likeness (QED) is 0.778. The van der Waals surface area contributed by atoms with Gasteiger partial charge in [0.2, 0.25) is 5.91 Å². The molecule has 1 heterocycles. The number of H-pyrrole nitrogens is 1. The number of fused-ring (bicyclic) bond motifs is 1. The molecule has 6 nitrogen and oxygen atoms in total. The summed E-state index contributed by atoms with van der Waals surface area (Å²) < 4.78 is 28.6. The predicted octanol–water partition coefficient (Wildman–Crippen LogP) is 2.14. The highest BCUT2D eigenvalue weighted by atomic mass is 32.2. The molecule has 136 valence electrons. The molecule has 1 amide bonds. The number of carbonyl (C=O) groups excluding carboxylic acids is 1. The van der Waals surface area contributed by atoms with Gasteiger partial charge in [0.25, 0.3) is 0 Å². The molecule has 0 bridgehead atoms. The van der Waals surface area contributed by atoms with Crippen LogP contribution < -0.4 is 4.74 Å². The van der Waals surface area contributed by atoms with Crippen LogP contribution in [0.2, 0.25) is 0 Å². The highest BCUT2D eigenvalue weighted by Gasteiger charge is 2.33. The SMILES string of the molecule is CCOc1cccc2[nH]cc(CC(=O)N(CCS(C)(=O)=O)C3CC3)c12. The molecule has 0 saturated heterocycles. The number of carbonyl (C=O) groups is 1. The minimum Gasteiger partial charge on any atom is -0.493 e. The van der Waals surface area contributed by atoms with Crippen LogP contribution in [0.4, 0.5) is 0 Å². The molecule has 1 aromatic carbocycles. The normalized spacial score (nSPS) is 14.6. The fourth-order valence-corrected chi connectivity index (χ4v) is 3.59. The number of nitrogens with one attached hydrogen (secondary N) is 1. The van der Waals surface area contributed by atoms with Crippen LogP contribution in [0.15, 0.2) is 24.4 Å². The molecule has 0 unspecified atom stereocenters. The first-order valence-electron chi connectivity index (χ1n) is 8.58. The Bertz CT molecular complexity index is 868. The second-order valence-corrected chi connectivity index (χ2v) is 8.81. The van der Waals surface area contributed by atoms with E-state index in [1.807, 2.05) is 31.3 Å². The third kappa shape index (κ3) is 4.34. The first-order chi connectivity index (χ1) is 11.9. The van der Waals surface area contributed by atoms with Crippen molar-refractivity contribution >= 4 is 26.6 Å². The van der Waals surface area contributed by atoms with Crippen molar-refractivity contribution in [2.75, 3.05) is 25.2 Å². The van der Waals surface area contributed by atoms with Crippen molar-refractivity contribution in [3.05, 3.63) is 30.0 Å². The van der Waals surface area contributed by atoms with E-state index in [0.29, 0.717) is 6.61 Å². The molecule has 1 fully saturated rings. The van der Waals surface area contributed by atoms with Crippen LogP contribution >= 0.6 is 0 Å². The van der Waals surface area contributed by atoms with E-state index in [-0.39, 0.29) is 30.7 Å². The third-order valence-electron chi connectivity index (χ3n) is 4.40. The molecule has 0 radical (unpaired) electrons. The van der Waals surface area contributed by atoms with Gasteiger partial charge in [0, 0.05) is 35.9 Å². The number of rotatable bonds is 8. The Kier molecular flexibility index (Phi) is 5.03. The summed E-state index contributed by atoms with van der Waals surface area (Å²) in [5.74, 6) is 0.740. The Morgan fingerprint density at radius 2 is 2.12 bits per heavy atom. The maximum absolute atomic E-state index is 12.8. The summed E-state index contributed by atoms with van der Waals surface area (Å²) in [7, 11) is -3.09. The topological polar surface area (TPSA) is 79.5 Å². The van der Waals surface area contributed by atoms with E-state index < -0.39 is 9.84 Å². The van der Waals surface area contributed by atoms with Gasteiger partial charge in [0.15, 0.2) is 0 Å². The van der Waals surface area contributed by atoms with E-state index in [0.717, 1.165) is 35.1 Å². The lowest BCUT2D eigenvalue weighted by Gasteiger charge is -2.22. The number of hydrogen-bond acceptors (Lipinski definition) is 4. The zero-order valence-electron chi connectivity index (χ0n) is 14.6. The van der Waals surface area contributed by atoms with Gasteiger partial charge >= 0.3 is 0 Å². The van der Waals surface area contributed by atoms with Gasteiger partial charge in [-0.25, -0.2) is 8.42 Å². The van der Waals surface area contributed by atoms with Crippen molar-refractivity contribution in [1.82, 2.24) is 9.88 Å². The second kappa shape index (κ2) is 7.07. The molecule has 25 heavy (non-hydrogen) atoms. The summed E-state index contributed by atoms with van der Waals surface area (Å²) in [6.45, 7) is 2.75. The molecule has 1 aliphatic rings. The van der Waals surface area contributed by atoms with E-state index in [1.54, 1.807) is 4.90 Å². The first kappa shape index (κ1) is 17.8. The number of ether oxygens (including phenoxy) is 1. The first-order valence-corrected chi connectivity index (χ1v) is 10.6. The number of aromatic amines is 1. The molecule has 7 heteroatoms. The fraction of sp³-hybridized carbons (Fsp3) is 0.500. The monoisotopic (exact) mass is 364 g/mol. The van der Waals surface area contributed by atoms with Gasteiger partial charge in [-0.15, -0.1) is 0 Å². The van der Waals surface area contributed by atoms with Crippen LogP contribution in [-0.4, -0.2) is 55.4 Å². The van der Waals surface area contributed by atoms with Gasteiger partial charge in [-0.05, 0) is 37.5 Å². The zero-order valence-corrected chi connectivity index (χ0v) is 15.4. The standard InChI is InChI=1S/C18H24N2O4S/c1-3-24-16-6-4-5-15-18(16)13(12-19-15)11-17(21)20(14-7-8-14)9-10-25(2,22)23/h4-6,12,14,19H,3,7-11H2,1-2H3. The number of aromatic nitrogens is 1. The van der Waals surface area contributed by atoms with Crippen LogP contribution in [-0.2, 0) is 21.1 Å². The molecule has 1 N–H and O–H groups in total. The fourth-order valence-electron chi connectivity index (χ4n) is 3.06. The Balaban J connectivity index is 1.80. The van der Waals surface area contributed by atoms with Crippen molar-refractivity contribution < 1.29 is 17.9 Å². The van der Waals surface area contributed by atoms with E-state index in [9.17, 15) is 13.2 Å². The average molecular weight is 364 g/mol. The number of nitrogens with zero attached hydrogens (tertiary/aromatic N) is 1. The molecule has 3 rings (SSSR count). The lowest BCUT2D eigenvalue weighted by Crippen LogP contribution is -2.37. The number of hydrogen-bond donors (Lipinski definition) is 1. The van der Waals surface area contributed by atoms with Crippen molar-refractivity contribution in [2.45, 2.75) is 32.2 Å². The number of amides is 1.